The average Bonchev–Trinajstić information content (AvgIpc) is 3.15. The molecule has 1 amide bonds. The molecular formula is C24H20ClFN2O. The Morgan fingerprint density at radius 2 is 1.69 bits per heavy atom. The van der Waals surface area contributed by atoms with E-state index in [9.17, 15) is 9.18 Å². The Labute approximate surface area is 173 Å². The van der Waals surface area contributed by atoms with Gasteiger partial charge in [-0.1, -0.05) is 54.1 Å². The van der Waals surface area contributed by atoms with Crippen LogP contribution in [0.5, 0.6) is 0 Å². The van der Waals surface area contributed by atoms with Crippen LogP contribution < -0.4 is 0 Å². The lowest BCUT2D eigenvalue weighted by Crippen LogP contribution is -2.32. The number of rotatable bonds is 6. The number of benzene rings is 3. The third kappa shape index (κ3) is 4.33. The molecule has 1 N–H and O–H groups in total. The van der Waals surface area contributed by atoms with Crippen molar-refractivity contribution < 1.29 is 9.18 Å². The first kappa shape index (κ1) is 19.2. The molecule has 4 aromatic rings. The number of carbonyl (C=O) groups is 1. The molecule has 0 radical (unpaired) electrons. The van der Waals surface area contributed by atoms with Crippen LogP contribution in [0.2, 0.25) is 5.02 Å². The van der Waals surface area contributed by atoms with Crippen LogP contribution in [-0.4, -0.2) is 22.3 Å². The second-order valence-corrected chi connectivity index (χ2v) is 7.35. The van der Waals surface area contributed by atoms with Crippen LogP contribution in [-0.2, 0) is 13.0 Å². The Kier molecular flexibility index (Phi) is 5.63. The third-order valence-corrected chi connectivity index (χ3v) is 5.33. The number of amides is 1. The molecule has 3 aromatic carbocycles. The Morgan fingerprint density at radius 3 is 2.48 bits per heavy atom. The van der Waals surface area contributed by atoms with E-state index < -0.39 is 0 Å². The fourth-order valence-corrected chi connectivity index (χ4v) is 3.68. The van der Waals surface area contributed by atoms with E-state index in [1.807, 2.05) is 24.4 Å². The van der Waals surface area contributed by atoms with E-state index in [4.69, 9.17) is 11.6 Å². The SMILES string of the molecule is O=C(c1ccccc1Cl)N(CCc1c[nH]c2ccccc12)Cc1ccc(F)cc1. The number of halogens is 2. The summed E-state index contributed by atoms with van der Waals surface area (Å²) in [6.45, 7) is 0.899. The number of carbonyl (C=O) groups excluding carboxylic acids is 1. The largest absolute Gasteiger partial charge is 0.361 e. The normalized spacial score (nSPS) is 11.0. The van der Waals surface area contributed by atoms with E-state index in [0.717, 1.165) is 22.0 Å². The zero-order chi connectivity index (χ0) is 20.2. The van der Waals surface area contributed by atoms with Gasteiger partial charge in [-0.05, 0) is 47.9 Å². The van der Waals surface area contributed by atoms with Crippen molar-refractivity contribution in [3.05, 3.63) is 107 Å². The first-order chi connectivity index (χ1) is 14.1. The number of hydrogen-bond donors (Lipinski definition) is 1. The minimum atomic E-state index is -0.295. The number of hydrogen-bond acceptors (Lipinski definition) is 1. The molecule has 0 atom stereocenters. The van der Waals surface area contributed by atoms with Crippen molar-refractivity contribution in [3.63, 3.8) is 0 Å². The van der Waals surface area contributed by atoms with Crippen LogP contribution in [0.4, 0.5) is 4.39 Å². The smallest absolute Gasteiger partial charge is 0.255 e. The third-order valence-electron chi connectivity index (χ3n) is 5.00. The molecule has 0 saturated carbocycles. The van der Waals surface area contributed by atoms with Crippen molar-refractivity contribution in [1.82, 2.24) is 9.88 Å². The van der Waals surface area contributed by atoms with Gasteiger partial charge in [-0.15, -0.1) is 0 Å². The Hall–Kier alpha value is -3.11. The number of nitrogens with one attached hydrogen (secondary N) is 1. The molecule has 0 spiro atoms. The maximum atomic E-state index is 13.3. The van der Waals surface area contributed by atoms with E-state index in [-0.39, 0.29) is 11.7 Å². The zero-order valence-corrected chi connectivity index (χ0v) is 16.5. The summed E-state index contributed by atoms with van der Waals surface area (Å²) in [5.41, 5.74) is 3.56. The fourth-order valence-electron chi connectivity index (χ4n) is 3.46. The molecule has 0 unspecified atom stereocenters. The Balaban J connectivity index is 1.59. The number of aromatic nitrogens is 1. The van der Waals surface area contributed by atoms with Crippen LogP contribution in [0.1, 0.15) is 21.5 Å². The van der Waals surface area contributed by atoms with Gasteiger partial charge in [-0.25, -0.2) is 4.39 Å². The second kappa shape index (κ2) is 8.50. The first-order valence-corrected chi connectivity index (χ1v) is 9.83. The van der Waals surface area contributed by atoms with Gasteiger partial charge in [0.1, 0.15) is 5.82 Å². The molecule has 0 saturated heterocycles. The Bertz CT molecular complexity index is 1140. The van der Waals surface area contributed by atoms with Gasteiger partial charge < -0.3 is 9.88 Å². The molecule has 4 rings (SSSR count). The van der Waals surface area contributed by atoms with Gasteiger partial charge in [0.2, 0.25) is 0 Å². The van der Waals surface area contributed by atoms with Crippen molar-refractivity contribution in [2.24, 2.45) is 0 Å². The van der Waals surface area contributed by atoms with Gasteiger partial charge in [-0.2, -0.15) is 0 Å². The van der Waals surface area contributed by atoms with Crippen molar-refractivity contribution in [3.8, 4) is 0 Å². The van der Waals surface area contributed by atoms with Crippen molar-refractivity contribution >= 4 is 28.4 Å². The highest BCUT2D eigenvalue weighted by atomic mass is 35.5. The molecule has 0 aliphatic carbocycles. The molecule has 146 valence electrons. The molecule has 1 aromatic heterocycles. The highest BCUT2D eigenvalue weighted by molar-refractivity contribution is 6.33. The zero-order valence-electron chi connectivity index (χ0n) is 15.7. The number of nitrogens with zero attached hydrogens (tertiary/aromatic N) is 1. The lowest BCUT2D eigenvalue weighted by atomic mass is 10.1. The molecule has 0 aliphatic rings. The summed E-state index contributed by atoms with van der Waals surface area (Å²) in [4.78, 5) is 18.3. The molecule has 1 heterocycles. The van der Waals surface area contributed by atoms with E-state index in [1.165, 1.54) is 12.1 Å². The van der Waals surface area contributed by atoms with Gasteiger partial charge in [0, 0.05) is 30.2 Å². The highest BCUT2D eigenvalue weighted by Gasteiger charge is 2.19. The molecule has 0 bridgehead atoms. The van der Waals surface area contributed by atoms with Crippen LogP contribution in [0.15, 0.2) is 79.0 Å². The van der Waals surface area contributed by atoms with E-state index >= 15 is 0 Å². The second-order valence-electron chi connectivity index (χ2n) is 6.94. The van der Waals surface area contributed by atoms with Gasteiger partial charge in [0.15, 0.2) is 0 Å². The summed E-state index contributed by atoms with van der Waals surface area (Å²) < 4.78 is 13.3. The quantitative estimate of drug-likeness (QED) is 0.428. The summed E-state index contributed by atoms with van der Waals surface area (Å²) >= 11 is 6.26. The predicted molar refractivity (Wildman–Crippen MR) is 115 cm³/mol. The topological polar surface area (TPSA) is 36.1 Å². The minimum absolute atomic E-state index is 0.139. The number of aromatic amines is 1. The molecule has 0 aliphatic heterocycles. The molecule has 0 fully saturated rings. The van der Waals surface area contributed by atoms with Crippen LogP contribution >= 0.6 is 11.6 Å². The van der Waals surface area contributed by atoms with Crippen molar-refractivity contribution in [2.45, 2.75) is 13.0 Å². The maximum absolute atomic E-state index is 13.3. The highest BCUT2D eigenvalue weighted by Crippen LogP contribution is 2.21. The molecule has 29 heavy (non-hydrogen) atoms. The summed E-state index contributed by atoms with van der Waals surface area (Å²) in [5, 5.41) is 1.58. The predicted octanol–water partition coefficient (Wildman–Crippen LogP) is 5.85. The average molecular weight is 407 g/mol. The number of fused-ring (bicyclic) bond motifs is 1. The number of H-pyrrole nitrogens is 1. The van der Waals surface area contributed by atoms with Crippen LogP contribution in [0, 0.1) is 5.82 Å². The lowest BCUT2D eigenvalue weighted by molar-refractivity contribution is 0.0745. The molecular weight excluding hydrogens is 387 g/mol. The standard InChI is InChI=1S/C24H20ClFN2O/c25-22-7-3-1-6-21(22)24(29)28(16-17-9-11-19(26)12-10-17)14-13-18-15-27-23-8-4-2-5-20(18)23/h1-12,15,27H,13-14,16H2. The van der Waals surface area contributed by atoms with Gasteiger partial charge in [-0.3, -0.25) is 4.79 Å². The van der Waals surface area contributed by atoms with E-state index in [2.05, 4.69) is 11.1 Å². The first-order valence-electron chi connectivity index (χ1n) is 9.45. The van der Waals surface area contributed by atoms with Crippen molar-refractivity contribution in [1.29, 1.82) is 0 Å². The maximum Gasteiger partial charge on any atom is 0.255 e. The summed E-state index contributed by atoms with van der Waals surface area (Å²) in [6.07, 6.45) is 2.68. The number of para-hydroxylation sites is 1. The van der Waals surface area contributed by atoms with Crippen LogP contribution in [0.25, 0.3) is 10.9 Å². The van der Waals surface area contributed by atoms with Crippen molar-refractivity contribution in [2.75, 3.05) is 6.54 Å². The summed E-state index contributed by atoms with van der Waals surface area (Å²) in [7, 11) is 0. The van der Waals surface area contributed by atoms with E-state index in [0.29, 0.717) is 30.1 Å². The van der Waals surface area contributed by atoms with Gasteiger partial charge >= 0.3 is 0 Å². The Morgan fingerprint density at radius 1 is 0.966 bits per heavy atom. The molecule has 3 nitrogen and oxygen atoms in total. The minimum Gasteiger partial charge on any atom is -0.361 e. The lowest BCUT2D eigenvalue weighted by Gasteiger charge is -2.23. The molecule has 5 heteroatoms. The summed E-state index contributed by atoms with van der Waals surface area (Å²) in [5.74, 6) is -0.434. The summed E-state index contributed by atoms with van der Waals surface area (Å²) in [6, 6.07) is 21.4. The fraction of sp³-hybridized carbons (Fsp3) is 0.125. The van der Waals surface area contributed by atoms with Crippen LogP contribution in [0.3, 0.4) is 0 Å². The monoisotopic (exact) mass is 406 g/mol. The van der Waals surface area contributed by atoms with E-state index in [1.54, 1.807) is 41.3 Å². The van der Waals surface area contributed by atoms with Gasteiger partial charge in [0.05, 0.1) is 10.6 Å². The van der Waals surface area contributed by atoms with Gasteiger partial charge in [0.25, 0.3) is 5.91 Å².